The lowest BCUT2D eigenvalue weighted by molar-refractivity contribution is 0.626. The minimum atomic E-state index is -0.272. The molecular formula is C16H13F2N3SSi. The molecule has 23 heavy (non-hydrogen) atoms. The summed E-state index contributed by atoms with van der Waals surface area (Å²) in [5, 5.41) is 2.97. The molecule has 0 saturated heterocycles. The third-order valence-corrected chi connectivity index (χ3v) is 5.38. The van der Waals surface area contributed by atoms with Gasteiger partial charge < -0.3 is 0 Å². The van der Waals surface area contributed by atoms with Crippen LogP contribution in [0, 0.1) is 16.4 Å². The first-order chi connectivity index (χ1) is 11.1. The lowest BCUT2D eigenvalue weighted by atomic mass is 10.0. The highest BCUT2D eigenvalue weighted by atomic mass is 32.1. The predicted molar refractivity (Wildman–Crippen MR) is 87.8 cm³/mol. The van der Waals surface area contributed by atoms with Gasteiger partial charge in [-0.25, -0.2) is 13.8 Å². The van der Waals surface area contributed by atoms with E-state index in [1.54, 1.807) is 35.3 Å². The molecule has 3 rings (SSSR count). The van der Waals surface area contributed by atoms with Gasteiger partial charge in [-0.15, -0.1) is 0 Å². The first kappa shape index (κ1) is 15.8. The topological polar surface area (TPSA) is 33.6 Å². The van der Waals surface area contributed by atoms with Crippen molar-refractivity contribution in [2.24, 2.45) is 0 Å². The summed E-state index contributed by atoms with van der Waals surface area (Å²) in [5.74, 6) is -0.545. The number of aromatic amines is 1. The molecule has 1 N–H and O–H groups in total. The second-order valence-electron chi connectivity index (χ2n) is 5.00. The van der Waals surface area contributed by atoms with Crippen LogP contribution >= 0.6 is 12.2 Å². The quantitative estimate of drug-likeness (QED) is 0.565. The molecule has 2 aromatic carbocycles. The van der Waals surface area contributed by atoms with Gasteiger partial charge in [0.2, 0.25) is 4.77 Å². The van der Waals surface area contributed by atoms with Gasteiger partial charge in [-0.2, -0.15) is 0 Å². The minimum Gasteiger partial charge on any atom is -0.286 e. The van der Waals surface area contributed by atoms with Crippen LogP contribution in [0.5, 0.6) is 0 Å². The summed E-state index contributed by atoms with van der Waals surface area (Å²) < 4.78 is 28.7. The molecule has 2 radical (unpaired) electrons. The molecule has 3 nitrogen and oxygen atoms in total. The van der Waals surface area contributed by atoms with Crippen molar-refractivity contribution in [3.63, 3.8) is 0 Å². The monoisotopic (exact) mass is 345 g/mol. The van der Waals surface area contributed by atoms with Gasteiger partial charge in [0.1, 0.15) is 18.0 Å². The summed E-state index contributed by atoms with van der Waals surface area (Å²) in [6, 6.07) is 12.8. The molecule has 0 saturated carbocycles. The first-order valence-electron chi connectivity index (χ1n) is 6.98. The molecule has 0 atom stereocenters. The summed E-state index contributed by atoms with van der Waals surface area (Å²) in [6.45, 7) is 0. The highest BCUT2D eigenvalue weighted by Crippen LogP contribution is 2.24. The number of nitrogens with zero attached hydrogens (tertiary/aromatic N) is 2. The van der Waals surface area contributed by atoms with Crippen molar-refractivity contribution >= 4 is 21.7 Å². The van der Waals surface area contributed by atoms with E-state index in [1.807, 2.05) is 0 Å². The van der Waals surface area contributed by atoms with Crippen LogP contribution in [0.4, 0.5) is 8.78 Å². The van der Waals surface area contributed by atoms with Crippen molar-refractivity contribution in [2.75, 3.05) is 0 Å². The van der Waals surface area contributed by atoms with Crippen LogP contribution in [-0.2, 0) is 6.17 Å². The van der Waals surface area contributed by atoms with Crippen LogP contribution in [0.1, 0.15) is 16.7 Å². The van der Waals surface area contributed by atoms with Crippen molar-refractivity contribution in [3.05, 3.63) is 82.4 Å². The molecule has 0 aliphatic carbocycles. The average molecular weight is 345 g/mol. The molecule has 3 aromatic rings. The van der Waals surface area contributed by atoms with Crippen LogP contribution in [0.25, 0.3) is 0 Å². The summed E-state index contributed by atoms with van der Waals surface area (Å²) in [7, 11) is 0.443. The van der Waals surface area contributed by atoms with E-state index in [2.05, 4.69) is 10.1 Å². The smallest absolute Gasteiger partial charge is 0.215 e. The molecule has 116 valence electrons. The van der Waals surface area contributed by atoms with E-state index < -0.39 is 0 Å². The van der Waals surface area contributed by atoms with Crippen molar-refractivity contribution in [1.29, 1.82) is 0 Å². The SMILES string of the molecule is Fc1ccc(C([Si]Cn2[nH]cnc2=S)c2ccc(F)cc2)cc1. The third kappa shape index (κ3) is 3.80. The lowest BCUT2D eigenvalue weighted by Gasteiger charge is -2.17. The molecule has 0 amide bonds. The van der Waals surface area contributed by atoms with Gasteiger partial charge in [-0.1, -0.05) is 24.3 Å². The highest BCUT2D eigenvalue weighted by Gasteiger charge is 2.16. The Morgan fingerprint density at radius 1 is 1.00 bits per heavy atom. The first-order valence-corrected chi connectivity index (χ1v) is 8.67. The molecule has 0 aliphatic rings. The summed E-state index contributed by atoms with van der Waals surface area (Å²) in [4.78, 5) is 3.99. The van der Waals surface area contributed by atoms with Crippen molar-refractivity contribution < 1.29 is 8.78 Å². The maximum Gasteiger partial charge on any atom is 0.215 e. The average Bonchev–Trinajstić information content (AvgIpc) is 2.96. The third-order valence-electron chi connectivity index (χ3n) is 3.48. The number of hydrogen-bond donors (Lipinski definition) is 1. The maximum absolute atomic E-state index is 13.2. The number of nitrogens with one attached hydrogen (secondary N) is 1. The Morgan fingerprint density at radius 2 is 1.52 bits per heavy atom. The Hall–Kier alpha value is -2.12. The summed E-state index contributed by atoms with van der Waals surface area (Å²) >= 11 is 5.13. The molecule has 0 aliphatic heterocycles. The van der Waals surface area contributed by atoms with E-state index in [9.17, 15) is 8.78 Å². The van der Waals surface area contributed by atoms with E-state index >= 15 is 0 Å². The van der Waals surface area contributed by atoms with E-state index in [0.29, 0.717) is 20.5 Å². The molecule has 1 aromatic heterocycles. The Kier molecular flexibility index (Phi) is 4.78. The Balaban J connectivity index is 1.89. The van der Waals surface area contributed by atoms with Gasteiger partial charge in [0, 0.05) is 11.7 Å². The zero-order valence-electron chi connectivity index (χ0n) is 12.0. The van der Waals surface area contributed by atoms with E-state index in [1.165, 1.54) is 24.3 Å². The number of hydrogen-bond acceptors (Lipinski definition) is 2. The Morgan fingerprint density at radius 3 is 1.96 bits per heavy atom. The van der Waals surface area contributed by atoms with Gasteiger partial charge in [-0.3, -0.25) is 9.78 Å². The van der Waals surface area contributed by atoms with E-state index in [4.69, 9.17) is 12.2 Å². The summed E-state index contributed by atoms with van der Waals surface area (Å²) in [5.41, 5.74) is 2.02. The normalized spacial score (nSPS) is 11.1. The molecule has 0 spiro atoms. The van der Waals surface area contributed by atoms with Gasteiger partial charge in [0.25, 0.3) is 0 Å². The van der Waals surface area contributed by atoms with Gasteiger partial charge in [0.15, 0.2) is 0 Å². The van der Waals surface area contributed by atoms with Crippen LogP contribution in [0.15, 0.2) is 54.9 Å². The molecule has 7 heteroatoms. The highest BCUT2D eigenvalue weighted by molar-refractivity contribution is 7.71. The largest absolute Gasteiger partial charge is 0.286 e. The standard InChI is InChI=1S/C16H13F2N3SSi/c17-13-5-1-11(2-6-13)15(12-3-7-14(18)8-4-12)23-10-21-16(22)19-9-20-21/h1-9,15H,10H2,(H,19,20,22). The van der Waals surface area contributed by atoms with Crippen LogP contribution in [0.3, 0.4) is 0 Å². The molecule has 0 unspecified atom stereocenters. The molecule has 0 bridgehead atoms. The minimum absolute atomic E-state index is 0.0430. The lowest BCUT2D eigenvalue weighted by Crippen LogP contribution is -2.17. The Labute approximate surface area is 139 Å². The molecule has 0 fully saturated rings. The second kappa shape index (κ2) is 6.97. The molecule has 1 heterocycles. The fraction of sp³-hybridized carbons (Fsp3) is 0.125. The number of H-pyrrole nitrogens is 1. The molecular weight excluding hydrogens is 332 g/mol. The number of rotatable bonds is 5. The van der Waals surface area contributed by atoms with Crippen molar-refractivity contribution in [3.8, 4) is 0 Å². The van der Waals surface area contributed by atoms with Gasteiger partial charge in [0.05, 0.1) is 9.52 Å². The number of aromatic nitrogens is 3. The Bertz CT molecular complexity index is 782. The van der Waals surface area contributed by atoms with E-state index in [0.717, 1.165) is 11.1 Å². The number of halogens is 2. The van der Waals surface area contributed by atoms with Crippen LogP contribution in [-0.4, -0.2) is 24.3 Å². The fourth-order valence-electron chi connectivity index (χ4n) is 2.31. The predicted octanol–water partition coefficient (Wildman–Crippen LogP) is 3.67. The number of benzene rings is 2. The zero-order chi connectivity index (χ0) is 16.2. The fourth-order valence-corrected chi connectivity index (χ4v) is 4.06. The van der Waals surface area contributed by atoms with Crippen LogP contribution < -0.4 is 0 Å². The van der Waals surface area contributed by atoms with Crippen LogP contribution in [0.2, 0.25) is 0 Å². The van der Waals surface area contributed by atoms with Crippen molar-refractivity contribution in [1.82, 2.24) is 14.8 Å². The van der Waals surface area contributed by atoms with Gasteiger partial charge >= 0.3 is 0 Å². The van der Waals surface area contributed by atoms with E-state index in [-0.39, 0.29) is 17.2 Å². The second-order valence-corrected chi connectivity index (χ2v) is 6.66. The maximum atomic E-state index is 13.2. The summed E-state index contributed by atoms with van der Waals surface area (Å²) in [6.07, 6.45) is 2.22. The zero-order valence-corrected chi connectivity index (χ0v) is 13.9. The van der Waals surface area contributed by atoms with Gasteiger partial charge in [-0.05, 0) is 47.6 Å². The van der Waals surface area contributed by atoms with Crippen molar-refractivity contribution in [2.45, 2.75) is 11.7 Å².